The molecule has 6 nitrogen and oxygen atoms in total. The number of anilines is 2. The molecule has 1 aliphatic rings. The summed E-state index contributed by atoms with van der Waals surface area (Å²) in [4.78, 5) is 25.7. The third-order valence-electron chi connectivity index (χ3n) is 4.05. The lowest BCUT2D eigenvalue weighted by Crippen LogP contribution is -2.25. The van der Waals surface area contributed by atoms with Gasteiger partial charge in [0.1, 0.15) is 0 Å². The van der Waals surface area contributed by atoms with Gasteiger partial charge in [0.05, 0.1) is 7.11 Å². The number of rotatable bonds is 3. The fourth-order valence-electron chi connectivity index (χ4n) is 2.84. The van der Waals surface area contributed by atoms with E-state index in [9.17, 15) is 14.7 Å². The molecule has 0 radical (unpaired) electrons. The molecule has 6 heteroatoms. The van der Waals surface area contributed by atoms with Crippen LogP contribution in [-0.4, -0.2) is 30.6 Å². The van der Waals surface area contributed by atoms with Gasteiger partial charge in [-0.05, 0) is 42.3 Å². The summed E-state index contributed by atoms with van der Waals surface area (Å²) < 4.78 is 4.97. The van der Waals surface area contributed by atoms with Gasteiger partial charge >= 0.3 is 0 Å². The van der Waals surface area contributed by atoms with E-state index in [4.69, 9.17) is 4.74 Å². The van der Waals surface area contributed by atoms with E-state index in [1.807, 2.05) is 0 Å². The largest absolute Gasteiger partial charge is 0.504 e. The van der Waals surface area contributed by atoms with Crippen LogP contribution in [0.4, 0.5) is 11.4 Å². The molecule has 2 aromatic rings. The van der Waals surface area contributed by atoms with Crippen molar-refractivity contribution in [2.24, 2.45) is 0 Å². The normalized spacial score (nSPS) is 12.7. The number of hydrogen-bond acceptors (Lipinski definition) is 4. The van der Waals surface area contributed by atoms with Crippen molar-refractivity contribution in [3.8, 4) is 11.5 Å². The van der Waals surface area contributed by atoms with E-state index >= 15 is 0 Å². The van der Waals surface area contributed by atoms with Crippen LogP contribution in [0.3, 0.4) is 0 Å². The van der Waals surface area contributed by atoms with Crippen molar-refractivity contribution in [3.05, 3.63) is 47.5 Å². The van der Waals surface area contributed by atoms with Gasteiger partial charge in [0.25, 0.3) is 5.91 Å². The Balaban J connectivity index is 1.79. The molecular weight excluding hydrogens is 308 g/mol. The van der Waals surface area contributed by atoms with Crippen LogP contribution in [0.5, 0.6) is 11.5 Å². The third kappa shape index (κ3) is 2.90. The number of nitrogens with zero attached hydrogens (tertiary/aromatic N) is 1. The number of ether oxygens (including phenoxy) is 1. The quantitative estimate of drug-likeness (QED) is 0.908. The van der Waals surface area contributed by atoms with Crippen molar-refractivity contribution in [1.82, 2.24) is 0 Å². The van der Waals surface area contributed by atoms with Crippen molar-refractivity contribution in [1.29, 1.82) is 0 Å². The van der Waals surface area contributed by atoms with Crippen LogP contribution in [-0.2, 0) is 11.2 Å². The molecule has 0 aliphatic carbocycles. The highest BCUT2D eigenvalue weighted by atomic mass is 16.5. The van der Waals surface area contributed by atoms with Gasteiger partial charge in [0.15, 0.2) is 11.5 Å². The second-order valence-electron chi connectivity index (χ2n) is 5.60. The summed E-state index contributed by atoms with van der Waals surface area (Å²) in [6.07, 6.45) is 0.735. The molecule has 0 atom stereocenters. The number of phenolic OH excluding ortho intramolecular Hbond substituents is 1. The van der Waals surface area contributed by atoms with Gasteiger partial charge in [-0.25, -0.2) is 0 Å². The number of carbonyl (C=O) groups excluding carboxylic acids is 2. The fraction of sp³-hybridized carbons (Fsp3) is 0.222. The number of fused-ring (bicyclic) bond motifs is 1. The summed E-state index contributed by atoms with van der Waals surface area (Å²) in [5.41, 5.74) is 2.83. The lowest BCUT2D eigenvalue weighted by atomic mass is 10.1. The SMILES string of the molecule is COc1ccc(NC(=O)c2ccc3c(c2)CCN3C(C)=O)cc1O. The maximum atomic E-state index is 12.4. The first-order valence-electron chi connectivity index (χ1n) is 7.59. The standard InChI is InChI=1S/C18H18N2O4/c1-11(21)20-8-7-12-9-13(3-5-15(12)20)18(23)19-14-4-6-17(24-2)16(22)10-14/h3-6,9-10,22H,7-8H2,1-2H3,(H,19,23). The molecule has 24 heavy (non-hydrogen) atoms. The van der Waals surface area contributed by atoms with Gasteiger partial charge < -0.3 is 20.1 Å². The van der Waals surface area contributed by atoms with Gasteiger partial charge in [0, 0.05) is 36.5 Å². The molecule has 1 aliphatic heterocycles. The highest BCUT2D eigenvalue weighted by molar-refractivity contribution is 6.05. The van der Waals surface area contributed by atoms with Crippen LogP contribution in [0.15, 0.2) is 36.4 Å². The van der Waals surface area contributed by atoms with E-state index in [2.05, 4.69) is 5.32 Å². The predicted octanol–water partition coefficient (Wildman–Crippen LogP) is 2.56. The maximum absolute atomic E-state index is 12.4. The van der Waals surface area contributed by atoms with Gasteiger partial charge in [-0.15, -0.1) is 0 Å². The first-order chi connectivity index (χ1) is 11.5. The zero-order valence-corrected chi connectivity index (χ0v) is 13.5. The monoisotopic (exact) mass is 326 g/mol. The molecule has 0 aromatic heterocycles. The Morgan fingerprint density at radius 3 is 2.67 bits per heavy atom. The summed E-state index contributed by atoms with van der Waals surface area (Å²) in [5, 5.41) is 12.5. The minimum absolute atomic E-state index is 0.000315. The number of benzene rings is 2. The number of phenols is 1. The number of amides is 2. The van der Waals surface area contributed by atoms with E-state index in [0.717, 1.165) is 17.7 Å². The van der Waals surface area contributed by atoms with Crippen LogP contribution < -0.4 is 15.0 Å². The summed E-state index contributed by atoms with van der Waals surface area (Å²) in [6.45, 7) is 2.17. The Hall–Kier alpha value is -3.02. The van der Waals surface area contributed by atoms with Crippen molar-refractivity contribution in [3.63, 3.8) is 0 Å². The van der Waals surface area contributed by atoms with Crippen LogP contribution in [0.2, 0.25) is 0 Å². The average Bonchev–Trinajstić information content (AvgIpc) is 2.98. The van der Waals surface area contributed by atoms with Crippen molar-refractivity contribution < 1.29 is 19.4 Å². The summed E-state index contributed by atoms with van der Waals surface area (Å²) in [5.74, 6) is 0.0273. The van der Waals surface area contributed by atoms with Crippen molar-refractivity contribution in [2.45, 2.75) is 13.3 Å². The number of carbonyl (C=O) groups is 2. The second kappa shape index (κ2) is 6.23. The van der Waals surface area contributed by atoms with E-state index in [1.165, 1.54) is 20.1 Å². The summed E-state index contributed by atoms with van der Waals surface area (Å²) in [6, 6.07) is 9.96. The lowest BCUT2D eigenvalue weighted by molar-refractivity contribution is -0.116. The zero-order chi connectivity index (χ0) is 17.3. The predicted molar refractivity (Wildman–Crippen MR) is 90.8 cm³/mol. The van der Waals surface area contributed by atoms with E-state index in [0.29, 0.717) is 23.5 Å². The van der Waals surface area contributed by atoms with Crippen LogP contribution in [0.25, 0.3) is 0 Å². The number of hydrogen-bond donors (Lipinski definition) is 2. The van der Waals surface area contributed by atoms with Gasteiger partial charge in [0.2, 0.25) is 5.91 Å². The first-order valence-corrected chi connectivity index (χ1v) is 7.59. The molecule has 2 N–H and O–H groups in total. The Bertz CT molecular complexity index is 817. The lowest BCUT2D eigenvalue weighted by Gasteiger charge is -2.15. The number of methoxy groups -OCH3 is 1. The second-order valence-corrected chi connectivity index (χ2v) is 5.60. The van der Waals surface area contributed by atoms with Gasteiger partial charge in [-0.3, -0.25) is 9.59 Å². The summed E-state index contributed by atoms with van der Waals surface area (Å²) in [7, 11) is 1.46. The van der Waals surface area contributed by atoms with Crippen molar-refractivity contribution in [2.75, 3.05) is 23.9 Å². The third-order valence-corrected chi connectivity index (χ3v) is 4.05. The zero-order valence-electron chi connectivity index (χ0n) is 13.5. The highest BCUT2D eigenvalue weighted by Crippen LogP contribution is 2.30. The van der Waals surface area contributed by atoms with E-state index < -0.39 is 0 Å². The molecule has 1 heterocycles. The minimum atomic E-state index is -0.274. The molecule has 0 saturated carbocycles. The maximum Gasteiger partial charge on any atom is 0.255 e. The molecule has 0 saturated heterocycles. The molecular formula is C18H18N2O4. The highest BCUT2D eigenvalue weighted by Gasteiger charge is 2.23. The molecule has 124 valence electrons. The topological polar surface area (TPSA) is 78.9 Å². The van der Waals surface area contributed by atoms with E-state index in [1.54, 1.807) is 35.2 Å². The fourth-order valence-corrected chi connectivity index (χ4v) is 2.84. The Morgan fingerprint density at radius 1 is 1.21 bits per heavy atom. The van der Waals surface area contributed by atoms with Crippen molar-refractivity contribution >= 4 is 23.2 Å². The van der Waals surface area contributed by atoms with Crippen LogP contribution >= 0.6 is 0 Å². The van der Waals surface area contributed by atoms with Gasteiger partial charge in [-0.2, -0.15) is 0 Å². The summed E-state index contributed by atoms with van der Waals surface area (Å²) >= 11 is 0. The van der Waals surface area contributed by atoms with E-state index in [-0.39, 0.29) is 17.6 Å². The smallest absolute Gasteiger partial charge is 0.255 e. The van der Waals surface area contributed by atoms with Crippen LogP contribution in [0, 0.1) is 0 Å². The first kappa shape index (κ1) is 15.9. The van der Waals surface area contributed by atoms with Crippen LogP contribution in [0.1, 0.15) is 22.8 Å². The Morgan fingerprint density at radius 2 is 2.00 bits per heavy atom. The molecule has 0 unspecified atom stereocenters. The molecule has 0 spiro atoms. The number of aromatic hydroxyl groups is 1. The Labute approximate surface area is 139 Å². The minimum Gasteiger partial charge on any atom is -0.504 e. The number of nitrogens with one attached hydrogen (secondary N) is 1. The molecule has 2 aromatic carbocycles. The molecule has 3 rings (SSSR count). The molecule has 0 fully saturated rings. The van der Waals surface area contributed by atoms with Gasteiger partial charge in [-0.1, -0.05) is 0 Å². The molecule has 2 amide bonds. The average molecular weight is 326 g/mol. The Kier molecular flexibility index (Phi) is 4.12. The molecule has 0 bridgehead atoms.